The molecule has 0 spiro atoms. The summed E-state index contributed by atoms with van der Waals surface area (Å²) in [6.07, 6.45) is 5.85. The van der Waals surface area contributed by atoms with Crippen molar-refractivity contribution in [3.63, 3.8) is 0 Å². The van der Waals surface area contributed by atoms with Crippen LogP contribution in [0.4, 0.5) is 6.01 Å². The van der Waals surface area contributed by atoms with E-state index in [4.69, 9.17) is 13.8 Å². The fraction of sp³-hybridized carbons (Fsp3) is 0.143. The Morgan fingerprint density at radius 2 is 1.69 bits per heavy atom. The molecule has 7 heteroatoms. The number of hydrogen-bond donors (Lipinski definition) is 1. The van der Waals surface area contributed by atoms with Gasteiger partial charge in [0, 0.05) is 16.8 Å². The SMILES string of the molecule is O=C(Nc1nnc(-c2ccco2)o1)c1ccc(-c2cc(-c3ccccc3)nc3c2CCCC3)cc1. The second kappa shape index (κ2) is 9.02. The van der Waals surface area contributed by atoms with Crippen LogP contribution < -0.4 is 5.32 Å². The van der Waals surface area contributed by atoms with Crippen molar-refractivity contribution in [3.05, 3.63) is 95.9 Å². The zero-order valence-corrected chi connectivity index (χ0v) is 18.9. The first kappa shape index (κ1) is 21.0. The van der Waals surface area contributed by atoms with Crippen molar-refractivity contribution in [2.75, 3.05) is 5.32 Å². The first-order valence-electron chi connectivity index (χ1n) is 11.6. The molecule has 1 aliphatic rings. The van der Waals surface area contributed by atoms with Crippen LogP contribution in [0.15, 0.2) is 87.9 Å². The molecular weight excluding hydrogens is 440 g/mol. The summed E-state index contributed by atoms with van der Waals surface area (Å²) >= 11 is 0. The maximum atomic E-state index is 12.8. The Balaban J connectivity index is 1.27. The molecule has 6 rings (SSSR count). The number of carbonyl (C=O) groups is 1. The third-order valence-corrected chi connectivity index (χ3v) is 6.21. The van der Waals surface area contributed by atoms with E-state index in [1.54, 1.807) is 12.1 Å². The number of furan rings is 1. The number of carbonyl (C=O) groups excluding carboxylic acids is 1. The van der Waals surface area contributed by atoms with E-state index in [1.165, 1.54) is 23.1 Å². The molecule has 2 aromatic carbocycles. The Morgan fingerprint density at radius 3 is 2.49 bits per heavy atom. The molecular formula is C28H22N4O3. The number of anilines is 1. The minimum absolute atomic E-state index is 0.0150. The van der Waals surface area contributed by atoms with Gasteiger partial charge in [-0.05, 0) is 72.7 Å². The maximum absolute atomic E-state index is 12.8. The van der Waals surface area contributed by atoms with Gasteiger partial charge >= 0.3 is 6.01 Å². The van der Waals surface area contributed by atoms with Gasteiger partial charge in [-0.25, -0.2) is 0 Å². The summed E-state index contributed by atoms with van der Waals surface area (Å²) in [5, 5.41) is 10.4. The van der Waals surface area contributed by atoms with E-state index >= 15 is 0 Å². The molecule has 3 heterocycles. The van der Waals surface area contributed by atoms with Crippen molar-refractivity contribution in [2.45, 2.75) is 25.7 Å². The number of amides is 1. The van der Waals surface area contributed by atoms with Crippen molar-refractivity contribution in [1.29, 1.82) is 0 Å². The molecule has 1 N–H and O–H groups in total. The second-order valence-corrected chi connectivity index (χ2v) is 8.47. The average molecular weight is 463 g/mol. The molecule has 3 aromatic heterocycles. The largest absolute Gasteiger partial charge is 0.459 e. The number of fused-ring (bicyclic) bond motifs is 1. The van der Waals surface area contributed by atoms with Crippen LogP contribution >= 0.6 is 0 Å². The number of aromatic nitrogens is 3. The molecule has 0 unspecified atom stereocenters. The van der Waals surface area contributed by atoms with Crippen LogP contribution in [0.2, 0.25) is 0 Å². The molecule has 1 aliphatic carbocycles. The van der Waals surface area contributed by atoms with Crippen LogP contribution in [0.3, 0.4) is 0 Å². The molecule has 0 radical (unpaired) electrons. The Labute approximate surface area is 201 Å². The topological polar surface area (TPSA) is 94.1 Å². The quantitative estimate of drug-likeness (QED) is 0.335. The molecule has 35 heavy (non-hydrogen) atoms. The molecule has 0 saturated heterocycles. The standard InChI is InChI=1S/C28H22N4O3/c33-26(30-28-32-31-27(35-28)25-11-6-16-34-25)20-14-12-18(13-15-20)22-17-24(19-7-2-1-3-8-19)29-23-10-5-4-9-21(22)23/h1-3,6-8,11-17H,4-5,9-10H2,(H,30,32,33). The summed E-state index contributed by atoms with van der Waals surface area (Å²) in [7, 11) is 0. The van der Waals surface area contributed by atoms with Gasteiger partial charge in [-0.3, -0.25) is 15.1 Å². The third kappa shape index (κ3) is 4.24. The minimum Gasteiger partial charge on any atom is -0.459 e. The number of rotatable bonds is 5. The lowest BCUT2D eigenvalue weighted by Crippen LogP contribution is -2.12. The minimum atomic E-state index is -0.326. The van der Waals surface area contributed by atoms with E-state index in [0.717, 1.165) is 42.5 Å². The summed E-state index contributed by atoms with van der Waals surface area (Å²) in [6.45, 7) is 0. The molecule has 0 aliphatic heterocycles. The summed E-state index contributed by atoms with van der Waals surface area (Å²) in [5.74, 6) is 0.322. The number of nitrogens with one attached hydrogen (secondary N) is 1. The molecule has 0 fully saturated rings. The number of benzene rings is 2. The van der Waals surface area contributed by atoms with Gasteiger partial charge in [0.25, 0.3) is 11.8 Å². The van der Waals surface area contributed by atoms with Gasteiger partial charge in [-0.15, -0.1) is 5.10 Å². The van der Waals surface area contributed by atoms with Crippen molar-refractivity contribution in [3.8, 4) is 34.0 Å². The summed E-state index contributed by atoms with van der Waals surface area (Å²) < 4.78 is 10.7. The monoisotopic (exact) mass is 462 g/mol. The summed E-state index contributed by atoms with van der Waals surface area (Å²) in [4.78, 5) is 17.7. The lowest BCUT2D eigenvalue weighted by atomic mass is 9.88. The van der Waals surface area contributed by atoms with E-state index < -0.39 is 0 Å². The van der Waals surface area contributed by atoms with Crippen LogP contribution in [0, 0.1) is 0 Å². The predicted molar refractivity (Wildman–Crippen MR) is 132 cm³/mol. The lowest BCUT2D eigenvalue weighted by molar-refractivity contribution is 0.102. The van der Waals surface area contributed by atoms with Crippen LogP contribution in [0.5, 0.6) is 0 Å². The van der Waals surface area contributed by atoms with Crippen LogP contribution in [-0.4, -0.2) is 21.1 Å². The van der Waals surface area contributed by atoms with Gasteiger partial charge in [0.05, 0.1) is 12.0 Å². The van der Waals surface area contributed by atoms with Crippen molar-refractivity contribution < 1.29 is 13.6 Å². The maximum Gasteiger partial charge on any atom is 0.322 e. The van der Waals surface area contributed by atoms with Gasteiger partial charge in [0.15, 0.2) is 5.76 Å². The molecule has 5 aromatic rings. The fourth-order valence-electron chi connectivity index (χ4n) is 4.46. The highest BCUT2D eigenvalue weighted by atomic mass is 16.4. The Kier molecular flexibility index (Phi) is 5.42. The van der Waals surface area contributed by atoms with E-state index in [1.807, 2.05) is 42.5 Å². The highest BCUT2D eigenvalue weighted by molar-refractivity contribution is 6.03. The van der Waals surface area contributed by atoms with Gasteiger partial charge in [-0.2, -0.15) is 0 Å². The van der Waals surface area contributed by atoms with E-state index in [0.29, 0.717) is 11.3 Å². The summed E-state index contributed by atoms with van der Waals surface area (Å²) in [5.41, 5.74) is 7.32. The smallest absolute Gasteiger partial charge is 0.322 e. The highest BCUT2D eigenvalue weighted by Gasteiger charge is 2.19. The van der Waals surface area contributed by atoms with Gasteiger partial charge in [0.2, 0.25) is 0 Å². The molecule has 0 bridgehead atoms. The van der Waals surface area contributed by atoms with Crippen molar-refractivity contribution >= 4 is 11.9 Å². The van der Waals surface area contributed by atoms with Gasteiger partial charge in [-0.1, -0.05) is 47.6 Å². The first-order valence-corrected chi connectivity index (χ1v) is 11.6. The van der Waals surface area contributed by atoms with Crippen LogP contribution in [0.25, 0.3) is 34.0 Å². The predicted octanol–water partition coefficient (Wildman–Crippen LogP) is 6.19. The van der Waals surface area contributed by atoms with E-state index in [-0.39, 0.29) is 17.8 Å². The fourth-order valence-corrected chi connectivity index (χ4v) is 4.46. The number of nitrogens with zero attached hydrogens (tertiary/aromatic N) is 3. The molecule has 172 valence electrons. The Hall–Kier alpha value is -4.52. The Morgan fingerprint density at radius 1 is 0.857 bits per heavy atom. The van der Waals surface area contributed by atoms with Crippen LogP contribution in [0.1, 0.15) is 34.5 Å². The molecule has 0 saturated carbocycles. The Bertz CT molecular complexity index is 1470. The van der Waals surface area contributed by atoms with E-state index in [9.17, 15) is 4.79 Å². The van der Waals surface area contributed by atoms with Crippen molar-refractivity contribution in [2.24, 2.45) is 0 Å². The number of pyridine rings is 1. The number of aryl methyl sites for hydroxylation is 1. The van der Waals surface area contributed by atoms with E-state index in [2.05, 4.69) is 33.7 Å². The molecule has 0 atom stereocenters. The van der Waals surface area contributed by atoms with Gasteiger partial charge in [0.1, 0.15) is 0 Å². The van der Waals surface area contributed by atoms with Gasteiger partial charge < -0.3 is 8.83 Å². The highest BCUT2D eigenvalue weighted by Crippen LogP contribution is 2.34. The summed E-state index contributed by atoms with van der Waals surface area (Å²) in [6, 6.07) is 23.5. The van der Waals surface area contributed by atoms with Crippen LogP contribution in [-0.2, 0) is 12.8 Å². The first-order chi connectivity index (χ1) is 17.2. The molecule has 7 nitrogen and oxygen atoms in total. The molecule has 1 amide bonds. The third-order valence-electron chi connectivity index (χ3n) is 6.21. The zero-order chi connectivity index (χ0) is 23.6. The second-order valence-electron chi connectivity index (χ2n) is 8.47. The normalized spacial score (nSPS) is 12.8. The lowest BCUT2D eigenvalue weighted by Gasteiger charge is -2.20. The zero-order valence-electron chi connectivity index (χ0n) is 18.9. The number of hydrogen-bond acceptors (Lipinski definition) is 6. The van der Waals surface area contributed by atoms with Crippen molar-refractivity contribution in [1.82, 2.24) is 15.2 Å². The average Bonchev–Trinajstić information content (AvgIpc) is 3.61.